The molecule has 5 nitrogen and oxygen atoms in total. The Morgan fingerprint density at radius 3 is 2.56 bits per heavy atom. The predicted molar refractivity (Wildman–Crippen MR) is 31.3 cm³/mol. The van der Waals surface area contributed by atoms with Crippen molar-refractivity contribution in [3.63, 3.8) is 0 Å². The normalized spacial score (nSPS) is 20.0. The second-order valence-electron chi connectivity index (χ2n) is 2.10. The molecule has 0 aromatic heterocycles. The van der Waals surface area contributed by atoms with Gasteiger partial charge >= 0.3 is 0 Å². The Bertz CT molecular complexity index is 135. The molecule has 52 valence electrons. The monoisotopic (exact) mass is 130 g/mol. The minimum atomic E-state index is 0.587. The van der Waals surface area contributed by atoms with Gasteiger partial charge in [0.25, 0.3) is 0 Å². The molecule has 0 aromatic carbocycles. The lowest BCUT2D eigenvalue weighted by Gasteiger charge is -2.24. The Balaban J connectivity index is 2.61. The van der Waals surface area contributed by atoms with Crippen LogP contribution >= 0.6 is 0 Å². The minimum absolute atomic E-state index is 0.587. The van der Waals surface area contributed by atoms with Crippen molar-refractivity contribution in [1.82, 2.24) is 10.0 Å². The minimum Gasteiger partial charge on any atom is -0.673 e. The molecular formula is C4H10N4O. The summed E-state index contributed by atoms with van der Waals surface area (Å²) in [5.74, 6) is 0. The molecule has 0 saturated carbocycles. The highest BCUT2D eigenvalue weighted by Gasteiger charge is 2.12. The molecule has 9 heavy (non-hydrogen) atoms. The van der Waals surface area contributed by atoms with Crippen molar-refractivity contribution < 1.29 is 4.97 Å². The highest BCUT2D eigenvalue weighted by Crippen LogP contribution is 1.96. The summed E-state index contributed by atoms with van der Waals surface area (Å²) in [4.78, 5) is 0.587. The predicted octanol–water partition coefficient (Wildman–Crippen LogP) is -0.344. The molecule has 0 N–H and O–H groups in total. The first-order chi connectivity index (χ1) is 4.20. The molecule has 0 amide bonds. The van der Waals surface area contributed by atoms with E-state index in [1.165, 1.54) is 5.01 Å². The smallest absolute Gasteiger partial charge is 0.128 e. The van der Waals surface area contributed by atoms with E-state index >= 15 is 0 Å². The van der Waals surface area contributed by atoms with Gasteiger partial charge in [0.1, 0.15) is 11.8 Å². The van der Waals surface area contributed by atoms with Gasteiger partial charge in [-0.05, 0) is 0 Å². The van der Waals surface area contributed by atoms with E-state index in [2.05, 4.69) is 5.22 Å². The Hall–Kier alpha value is -1.00. The SMILES string of the molecule is CN1CCN(C)[N+]([O-])=N1. The van der Waals surface area contributed by atoms with Crippen molar-refractivity contribution in [2.75, 3.05) is 27.2 Å². The molecule has 1 heterocycles. The summed E-state index contributed by atoms with van der Waals surface area (Å²) in [5.41, 5.74) is 0. The molecule has 0 unspecified atom stereocenters. The van der Waals surface area contributed by atoms with Gasteiger partial charge in [0.05, 0.1) is 13.6 Å². The van der Waals surface area contributed by atoms with E-state index in [1.807, 2.05) is 0 Å². The van der Waals surface area contributed by atoms with Gasteiger partial charge in [-0.25, -0.2) is 5.01 Å². The largest absolute Gasteiger partial charge is 0.673 e. The highest BCUT2D eigenvalue weighted by atomic mass is 16.6. The molecule has 0 radical (unpaired) electrons. The molecule has 0 aromatic rings. The van der Waals surface area contributed by atoms with E-state index in [9.17, 15) is 5.21 Å². The second-order valence-corrected chi connectivity index (χ2v) is 2.10. The number of hydrogen-bond donors (Lipinski definition) is 0. The van der Waals surface area contributed by atoms with Crippen LogP contribution in [0.5, 0.6) is 0 Å². The lowest BCUT2D eigenvalue weighted by molar-refractivity contribution is -0.705. The zero-order chi connectivity index (χ0) is 6.85. The van der Waals surface area contributed by atoms with Gasteiger partial charge in [-0.2, -0.15) is 5.01 Å². The van der Waals surface area contributed by atoms with E-state index in [1.54, 1.807) is 19.1 Å². The average molecular weight is 130 g/mol. The zero-order valence-electron chi connectivity index (χ0n) is 5.61. The van der Waals surface area contributed by atoms with Crippen molar-refractivity contribution in [1.29, 1.82) is 0 Å². The summed E-state index contributed by atoms with van der Waals surface area (Å²) in [7, 11) is 3.49. The topological polar surface area (TPSA) is 44.9 Å². The summed E-state index contributed by atoms with van der Waals surface area (Å²) in [6, 6.07) is 0. The third-order valence-electron chi connectivity index (χ3n) is 1.27. The van der Waals surface area contributed by atoms with Crippen molar-refractivity contribution in [2.24, 2.45) is 5.22 Å². The van der Waals surface area contributed by atoms with Gasteiger partial charge in [-0.15, -0.1) is 0 Å². The number of likely N-dealkylation sites (N-methyl/N-ethyl adjacent to an activating group) is 2. The summed E-state index contributed by atoms with van der Waals surface area (Å²) in [5, 5.41) is 17.4. The van der Waals surface area contributed by atoms with Gasteiger partial charge in [-0.1, -0.05) is 4.97 Å². The molecular weight excluding hydrogens is 120 g/mol. The van der Waals surface area contributed by atoms with Crippen LogP contribution in [-0.4, -0.2) is 42.2 Å². The molecule has 0 bridgehead atoms. The maximum absolute atomic E-state index is 10.6. The summed E-state index contributed by atoms with van der Waals surface area (Å²) in [6.45, 7) is 1.55. The van der Waals surface area contributed by atoms with Crippen molar-refractivity contribution in [2.45, 2.75) is 0 Å². The molecule has 5 heteroatoms. The van der Waals surface area contributed by atoms with Gasteiger partial charge in [0, 0.05) is 7.05 Å². The lowest BCUT2D eigenvalue weighted by atomic mass is 10.6. The van der Waals surface area contributed by atoms with Crippen LogP contribution in [0.4, 0.5) is 0 Å². The van der Waals surface area contributed by atoms with Crippen LogP contribution in [0.1, 0.15) is 0 Å². The summed E-state index contributed by atoms with van der Waals surface area (Å²) >= 11 is 0. The summed E-state index contributed by atoms with van der Waals surface area (Å²) < 4.78 is 0. The fourth-order valence-electron chi connectivity index (χ4n) is 0.619. The van der Waals surface area contributed by atoms with E-state index in [-0.39, 0.29) is 0 Å². The third-order valence-corrected chi connectivity index (χ3v) is 1.27. The molecule has 1 aliphatic rings. The van der Waals surface area contributed by atoms with Gasteiger partial charge < -0.3 is 5.21 Å². The highest BCUT2D eigenvalue weighted by molar-refractivity contribution is 4.45. The van der Waals surface area contributed by atoms with Gasteiger partial charge in [0.15, 0.2) is 0 Å². The third kappa shape index (κ3) is 1.22. The van der Waals surface area contributed by atoms with Crippen LogP contribution in [-0.2, 0) is 0 Å². The Morgan fingerprint density at radius 2 is 2.11 bits per heavy atom. The molecule has 0 aliphatic carbocycles. The molecule has 1 aliphatic heterocycles. The van der Waals surface area contributed by atoms with E-state index < -0.39 is 0 Å². The van der Waals surface area contributed by atoms with Crippen molar-refractivity contribution >= 4 is 0 Å². The van der Waals surface area contributed by atoms with Crippen LogP contribution in [0.3, 0.4) is 0 Å². The van der Waals surface area contributed by atoms with E-state index in [0.717, 1.165) is 13.1 Å². The number of nitrogens with zero attached hydrogens (tertiary/aromatic N) is 4. The number of hydrogen-bond acceptors (Lipinski definition) is 4. The Morgan fingerprint density at radius 1 is 1.44 bits per heavy atom. The molecule has 0 atom stereocenters. The van der Waals surface area contributed by atoms with Crippen molar-refractivity contribution in [3.05, 3.63) is 5.21 Å². The lowest BCUT2D eigenvalue weighted by Crippen LogP contribution is -2.39. The maximum Gasteiger partial charge on any atom is 0.128 e. The standard InChI is InChI=1S/C4H10N4O/c1-6-3-4-7(2)8(9)5-6/h3-4H2,1-2H3. The quantitative estimate of drug-likeness (QED) is 0.333. The molecule has 0 saturated heterocycles. The average Bonchev–Trinajstić information content (AvgIpc) is 1.80. The van der Waals surface area contributed by atoms with Gasteiger partial charge in [0.2, 0.25) is 0 Å². The number of hydrazine groups is 1. The van der Waals surface area contributed by atoms with E-state index in [4.69, 9.17) is 0 Å². The Kier molecular flexibility index (Phi) is 1.42. The maximum atomic E-state index is 10.6. The molecule has 0 spiro atoms. The number of rotatable bonds is 0. The first kappa shape index (κ1) is 6.12. The fourth-order valence-corrected chi connectivity index (χ4v) is 0.619. The van der Waals surface area contributed by atoms with Crippen LogP contribution in [0.2, 0.25) is 0 Å². The molecule has 0 fully saturated rings. The fraction of sp³-hybridized carbons (Fsp3) is 1.00. The van der Waals surface area contributed by atoms with Crippen LogP contribution in [0, 0.1) is 5.21 Å². The second kappa shape index (κ2) is 2.08. The van der Waals surface area contributed by atoms with Gasteiger partial charge in [-0.3, -0.25) is 0 Å². The first-order valence-corrected chi connectivity index (χ1v) is 2.81. The molecule has 1 rings (SSSR count). The van der Waals surface area contributed by atoms with Crippen LogP contribution < -0.4 is 0 Å². The van der Waals surface area contributed by atoms with Crippen LogP contribution in [0.15, 0.2) is 5.22 Å². The zero-order valence-corrected chi connectivity index (χ0v) is 5.61. The van der Waals surface area contributed by atoms with E-state index in [0.29, 0.717) is 4.97 Å². The first-order valence-electron chi connectivity index (χ1n) is 2.81. The summed E-state index contributed by atoms with van der Waals surface area (Å²) in [6.07, 6.45) is 0. The Labute approximate surface area is 53.7 Å². The van der Waals surface area contributed by atoms with Crippen LogP contribution in [0.25, 0.3) is 0 Å². The van der Waals surface area contributed by atoms with Crippen molar-refractivity contribution in [3.8, 4) is 0 Å².